The molecule has 0 spiro atoms. The molecule has 0 aromatic heterocycles. The van der Waals surface area contributed by atoms with E-state index in [-0.39, 0.29) is 21.9 Å². The average molecular weight is 305 g/mol. The lowest BCUT2D eigenvalue weighted by molar-refractivity contribution is 0.0877. The number of benzene rings is 2. The number of aliphatic hydroxyl groups excluding tert-OH is 1. The minimum absolute atomic E-state index is 0.281. The van der Waals surface area contributed by atoms with Gasteiger partial charge in [0.15, 0.2) is 11.1 Å². The van der Waals surface area contributed by atoms with E-state index in [1.54, 1.807) is 48.5 Å². The molecule has 4 rings (SSSR count). The smallest absolute Gasteiger partial charge is 0.215 e. The first-order chi connectivity index (χ1) is 11.1. The molecule has 0 radical (unpaired) electrons. The van der Waals surface area contributed by atoms with Crippen LogP contribution in [0.3, 0.4) is 0 Å². The first kappa shape index (κ1) is 13.7. The maximum Gasteiger partial charge on any atom is 0.215 e. The number of hydrogen-bond acceptors (Lipinski definition) is 5. The Morgan fingerprint density at radius 2 is 1.39 bits per heavy atom. The molecule has 0 fully saturated rings. The summed E-state index contributed by atoms with van der Waals surface area (Å²) < 4.78 is 0. The summed E-state index contributed by atoms with van der Waals surface area (Å²) in [5.74, 6) is -0.378. The molecular weight excluding hydrogens is 294 g/mol. The highest BCUT2D eigenvalue weighted by Crippen LogP contribution is 2.32. The van der Waals surface area contributed by atoms with Crippen LogP contribution in [0.1, 0.15) is 22.0 Å². The third-order valence-corrected chi connectivity index (χ3v) is 4.23. The zero-order valence-electron chi connectivity index (χ0n) is 11.9. The zero-order valence-corrected chi connectivity index (χ0v) is 11.9. The second kappa shape index (κ2) is 4.79. The van der Waals surface area contributed by atoms with Gasteiger partial charge in [0, 0.05) is 16.3 Å². The fourth-order valence-corrected chi connectivity index (χ4v) is 3.08. The van der Waals surface area contributed by atoms with E-state index in [0.29, 0.717) is 11.1 Å². The SMILES string of the molecule is O=C1c2ccccc2[C@@H](O)[C@H]1N=c1c(=O)c2ccccc2c1=O. The van der Waals surface area contributed by atoms with Crippen molar-refractivity contribution in [2.75, 3.05) is 0 Å². The van der Waals surface area contributed by atoms with Crippen LogP contribution in [0, 0.1) is 0 Å². The van der Waals surface area contributed by atoms with Crippen LogP contribution < -0.4 is 16.2 Å². The Hall–Kier alpha value is -2.92. The van der Waals surface area contributed by atoms with Crippen molar-refractivity contribution >= 4 is 16.6 Å². The van der Waals surface area contributed by atoms with Gasteiger partial charge in [0.2, 0.25) is 10.9 Å². The highest BCUT2D eigenvalue weighted by molar-refractivity contribution is 6.05. The third kappa shape index (κ3) is 1.83. The Balaban J connectivity index is 1.95. The molecule has 1 N–H and O–H groups in total. The Morgan fingerprint density at radius 1 is 0.826 bits per heavy atom. The van der Waals surface area contributed by atoms with Gasteiger partial charge in [0.05, 0.1) is 0 Å². The summed E-state index contributed by atoms with van der Waals surface area (Å²) in [6.45, 7) is 0. The van der Waals surface area contributed by atoms with Crippen LogP contribution in [0.25, 0.3) is 10.8 Å². The molecule has 0 saturated carbocycles. The zero-order chi connectivity index (χ0) is 16.1. The van der Waals surface area contributed by atoms with E-state index >= 15 is 0 Å². The van der Waals surface area contributed by atoms with Crippen molar-refractivity contribution < 1.29 is 9.90 Å². The molecule has 0 aliphatic heterocycles. The summed E-state index contributed by atoms with van der Waals surface area (Å²) in [5.41, 5.74) is -0.143. The van der Waals surface area contributed by atoms with Gasteiger partial charge in [-0.25, -0.2) is 0 Å². The quantitative estimate of drug-likeness (QED) is 0.715. The van der Waals surface area contributed by atoms with Crippen LogP contribution in [-0.2, 0) is 0 Å². The molecule has 112 valence electrons. The van der Waals surface area contributed by atoms with Crippen molar-refractivity contribution in [1.29, 1.82) is 0 Å². The van der Waals surface area contributed by atoms with Crippen LogP contribution >= 0.6 is 0 Å². The number of nitrogens with zero attached hydrogens (tertiary/aromatic N) is 1. The molecule has 0 heterocycles. The molecule has 0 amide bonds. The van der Waals surface area contributed by atoms with Gasteiger partial charge in [0.25, 0.3) is 0 Å². The average Bonchev–Trinajstić information content (AvgIpc) is 2.97. The van der Waals surface area contributed by atoms with Crippen molar-refractivity contribution in [1.82, 2.24) is 0 Å². The number of carbonyl (C=O) groups is 1. The monoisotopic (exact) mass is 305 g/mol. The highest BCUT2D eigenvalue weighted by atomic mass is 16.3. The topological polar surface area (TPSA) is 83.8 Å². The molecule has 1 aliphatic rings. The van der Waals surface area contributed by atoms with Gasteiger partial charge in [0.1, 0.15) is 12.1 Å². The summed E-state index contributed by atoms with van der Waals surface area (Å²) in [6.07, 6.45) is -1.14. The standard InChI is InChI=1S/C18H11NO4/c20-15-9-5-1-2-6-10(9)16(21)13(15)19-14-17(22)11-7-3-4-8-12(11)18(14)23/h1-8,13,15,20H/t13-,15-/m1/s1. The van der Waals surface area contributed by atoms with E-state index < -0.39 is 23.0 Å². The van der Waals surface area contributed by atoms with Crippen LogP contribution in [0.5, 0.6) is 0 Å². The Bertz CT molecular complexity index is 1060. The molecular formula is C18H11NO4. The Kier molecular flexibility index (Phi) is 2.86. The number of Topliss-reactive ketones (excluding diaryl/α,β-unsaturated/α-hetero) is 1. The minimum atomic E-state index is -1.15. The van der Waals surface area contributed by atoms with Gasteiger partial charge in [-0.15, -0.1) is 0 Å². The normalized spacial score (nSPS) is 20.0. The van der Waals surface area contributed by atoms with E-state index in [1.807, 2.05) is 0 Å². The summed E-state index contributed by atoms with van der Waals surface area (Å²) >= 11 is 0. The molecule has 1 aliphatic carbocycles. The molecule has 23 heavy (non-hydrogen) atoms. The molecule has 5 heteroatoms. The first-order valence-corrected chi connectivity index (χ1v) is 7.17. The fraction of sp³-hybridized carbons (Fsp3) is 0.111. The van der Waals surface area contributed by atoms with E-state index in [0.717, 1.165) is 0 Å². The summed E-state index contributed by atoms with van der Waals surface area (Å²) in [7, 11) is 0. The fourth-order valence-electron chi connectivity index (χ4n) is 3.08. The lowest BCUT2D eigenvalue weighted by Crippen LogP contribution is -2.35. The van der Waals surface area contributed by atoms with E-state index in [1.165, 1.54) is 0 Å². The van der Waals surface area contributed by atoms with Gasteiger partial charge >= 0.3 is 0 Å². The Morgan fingerprint density at radius 3 is 2.00 bits per heavy atom. The van der Waals surface area contributed by atoms with E-state index in [9.17, 15) is 19.5 Å². The third-order valence-electron chi connectivity index (χ3n) is 4.23. The van der Waals surface area contributed by atoms with Crippen molar-refractivity contribution in [2.45, 2.75) is 12.1 Å². The lowest BCUT2D eigenvalue weighted by Gasteiger charge is -2.07. The Labute approximate surface area is 129 Å². The van der Waals surface area contributed by atoms with Crippen LogP contribution in [0.2, 0.25) is 0 Å². The van der Waals surface area contributed by atoms with Gasteiger partial charge < -0.3 is 5.11 Å². The van der Waals surface area contributed by atoms with Gasteiger partial charge in [-0.1, -0.05) is 48.5 Å². The second-order valence-electron chi connectivity index (χ2n) is 5.52. The number of carbonyl (C=O) groups excluding carboxylic acids is 1. The number of fused-ring (bicyclic) bond motifs is 2. The van der Waals surface area contributed by atoms with Gasteiger partial charge in [-0.05, 0) is 5.56 Å². The number of rotatable bonds is 1. The van der Waals surface area contributed by atoms with Crippen molar-refractivity contribution in [3.8, 4) is 0 Å². The molecule has 3 aromatic carbocycles. The van der Waals surface area contributed by atoms with Crippen molar-refractivity contribution in [3.05, 3.63) is 85.5 Å². The molecule has 0 bridgehead atoms. The number of ketones is 1. The maximum atomic E-state index is 12.4. The van der Waals surface area contributed by atoms with Gasteiger partial charge in [-0.2, -0.15) is 0 Å². The molecule has 0 saturated heterocycles. The summed E-state index contributed by atoms with van der Waals surface area (Å²) in [6, 6.07) is 12.0. The largest absolute Gasteiger partial charge is 0.386 e. The first-order valence-electron chi connectivity index (χ1n) is 7.17. The molecule has 0 unspecified atom stereocenters. The molecule has 3 aromatic rings. The van der Waals surface area contributed by atoms with Crippen LogP contribution in [0.15, 0.2) is 63.1 Å². The minimum Gasteiger partial charge on any atom is -0.386 e. The van der Waals surface area contributed by atoms with E-state index in [4.69, 9.17) is 0 Å². The number of hydrogen-bond donors (Lipinski definition) is 1. The summed E-state index contributed by atoms with van der Waals surface area (Å²) in [5, 5.41) is 10.6. The maximum absolute atomic E-state index is 12.4. The van der Waals surface area contributed by atoms with Gasteiger partial charge in [-0.3, -0.25) is 19.4 Å². The van der Waals surface area contributed by atoms with Crippen molar-refractivity contribution in [3.63, 3.8) is 0 Å². The predicted octanol–water partition coefficient (Wildman–Crippen LogP) is 0.635. The highest BCUT2D eigenvalue weighted by Gasteiger charge is 2.38. The van der Waals surface area contributed by atoms with E-state index in [2.05, 4.69) is 4.99 Å². The number of aliphatic hydroxyl groups is 1. The van der Waals surface area contributed by atoms with Crippen LogP contribution in [0.4, 0.5) is 0 Å². The van der Waals surface area contributed by atoms with Crippen molar-refractivity contribution in [2.24, 2.45) is 4.99 Å². The van der Waals surface area contributed by atoms with Crippen LogP contribution in [-0.4, -0.2) is 16.9 Å². The predicted molar refractivity (Wildman–Crippen MR) is 83.9 cm³/mol. The summed E-state index contributed by atoms with van der Waals surface area (Å²) in [4.78, 5) is 41.1. The molecule has 5 nitrogen and oxygen atoms in total. The molecule has 2 atom stereocenters. The second-order valence-corrected chi connectivity index (χ2v) is 5.52. The lowest BCUT2D eigenvalue weighted by atomic mass is 10.1.